The Morgan fingerprint density at radius 1 is 1.32 bits per heavy atom. The van der Waals surface area contributed by atoms with E-state index in [1.165, 1.54) is 0 Å². The summed E-state index contributed by atoms with van der Waals surface area (Å²) < 4.78 is 16.9. The van der Waals surface area contributed by atoms with E-state index in [1.807, 2.05) is 6.92 Å². The highest BCUT2D eigenvalue weighted by atomic mass is 28.4. The predicted octanol–water partition coefficient (Wildman–Crippen LogP) is 3.12. The van der Waals surface area contributed by atoms with Crippen LogP contribution in [0.25, 0.3) is 0 Å². The molecule has 0 aliphatic carbocycles. The van der Waals surface area contributed by atoms with E-state index in [0.29, 0.717) is 19.6 Å². The normalized spacial score (nSPS) is 25.2. The highest BCUT2D eigenvalue weighted by Crippen LogP contribution is 2.38. The molecule has 2 atom stereocenters. The van der Waals surface area contributed by atoms with E-state index in [9.17, 15) is 4.79 Å². The van der Waals surface area contributed by atoms with Gasteiger partial charge in [-0.1, -0.05) is 20.8 Å². The summed E-state index contributed by atoms with van der Waals surface area (Å²) in [7, 11) is -1.75. The van der Waals surface area contributed by atoms with Crippen LogP contribution < -0.4 is 0 Å². The summed E-state index contributed by atoms with van der Waals surface area (Å²) in [4.78, 5) is 11.6. The fourth-order valence-electron chi connectivity index (χ4n) is 1.83. The molecular formula is C14H28O4Si. The maximum atomic E-state index is 11.6. The van der Waals surface area contributed by atoms with E-state index < -0.39 is 14.4 Å². The lowest BCUT2D eigenvalue weighted by Gasteiger charge is -2.40. The number of esters is 1. The van der Waals surface area contributed by atoms with Crippen molar-refractivity contribution in [2.45, 2.75) is 70.9 Å². The molecule has 1 aliphatic rings. The van der Waals surface area contributed by atoms with E-state index in [1.54, 1.807) is 0 Å². The number of carbonyl (C=O) groups excluding carboxylic acids is 1. The van der Waals surface area contributed by atoms with Gasteiger partial charge in [0.25, 0.3) is 0 Å². The molecule has 0 bridgehead atoms. The number of rotatable bonds is 4. The van der Waals surface area contributed by atoms with Crippen molar-refractivity contribution in [2.75, 3.05) is 13.2 Å². The van der Waals surface area contributed by atoms with Crippen molar-refractivity contribution < 1.29 is 18.7 Å². The molecule has 0 N–H and O–H groups in total. The molecule has 0 aromatic rings. The fourth-order valence-corrected chi connectivity index (χ4v) is 3.21. The molecule has 5 heteroatoms. The van der Waals surface area contributed by atoms with Gasteiger partial charge < -0.3 is 13.9 Å². The van der Waals surface area contributed by atoms with Gasteiger partial charge in [-0.3, -0.25) is 0 Å². The van der Waals surface area contributed by atoms with Crippen molar-refractivity contribution >= 4 is 14.3 Å². The summed E-state index contributed by atoms with van der Waals surface area (Å²) in [6, 6.07) is 0. The third-order valence-corrected chi connectivity index (χ3v) is 8.59. The first-order chi connectivity index (χ1) is 8.67. The molecule has 1 heterocycles. The van der Waals surface area contributed by atoms with Crippen LogP contribution in [0.3, 0.4) is 0 Å². The van der Waals surface area contributed by atoms with Gasteiger partial charge >= 0.3 is 5.97 Å². The van der Waals surface area contributed by atoms with Crippen molar-refractivity contribution in [3.63, 3.8) is 0 Å². The van der Waals surface area contributed by atoms with Crippen molar-refractivity contribution in [1.82, 2.24) is 0 Å². The van der Waals surface area contributed by atoms with Gasteiger partial charge in [-0.25, -0.2) is 4.79 Å². The molecule has 1 rings (SSSR count). The average Bonchev–Trinajstić information content (AvgIpc) is 2.28. The first-order valence-corrected chi connectivity index (χ1v) is 10.0. The SMILES string of the molecule is CCOC(=O)C1CCC(O[Si](C)(C)C(C)(C)C)CO1. The minimum Gasteiger partial charge on any atom is -0.464 e. The van der Waals surface area contributed by atoms with E-state index in [-0.39, 0.29) is 17.1 Å². The largest absolute Gasteiger partial charge is 0.464 e. The van der Waals surface area contributed by atoms with Crippen LogP contribution in [0.4, 0.5) is 0 Å². The zero-order chi connectivity index (χ0) is 14.7. The second-order valence-electron chi connectivity index (χ2n) is 6.65. The molecular weight excluding hydrogens is 260 g/mol. The van der Waals surface area contributed by atoms with Gasteiger partial charge in [0.2, 0.25) is 0 Å². The molecule has 0 aromatic heterocycles. The number of ether oxygens (including phenoxy) is 2. The van der Waals surface area contributed by atoms with E-state index in [4.69, 9.17) is 13.9 Å². The van der Waals surface area contributed by atoms with Crippen LogP contribution in [0.15, 0.2) is 0 Å². The number of hydrogen-bond donors (Lipinski definition) is 0. The summed E-state index contributed by atoms with van der Waals surface area (Å²) >= 11 is 0. The van der Waals surface area contributed by atoms with Crippen LogP contribution in [-0.4, -0.2) is 39.7 Å². The smallest absolute Gasteiger partial charge is 0.335 e. The van der Waals surface area contributed by atoms with Crippen molar-refractivity contribution in [3.05, 3.63) is 0 Å². The summed E-state index contributed by atoms with van der Waals surface area (Å²) in [5.41, 5.74) is 0. The zero-order valence-corrected chi connectivity index (χ0v) is 14.1. The highest BCUT2D eigenvalue weighted by Gasteiger charge is 2.40. The number of carbonyl (C=O) groups is 1. The summed E-state index contributed by atoms with van der Waals surface area (Å²) in [5.74, 6) is -0.242. The van der Waals surface area contributed by atoms with Gasteiger partial charge in [-0.15, -0.1) is 0 Å². The molecule has 0 spiro atoms. The predicted molar refractivity (Wildman–Crippen MR) is 77.7 cm³/mol. The lowest BCUT2D eigenvalue weighted by atomic mass is 10.1. The Balaban J connectivity index is 2.45. The summed E-state index contributed by atoms with van der Waals surface area (Å²) in [5, 5.41) is 0.199. The van der Waals surface area contributed by atoms with Crippen LogP contribution in [0.1, 0.15) is 40.5 Å². The summed E-state index contributed by atoms with van der Waals surface area (Å²) in [6.45, 7) is 13.9. The first-order valence-electron chi connectivity index (χ1n) is 7.13. The number of hydrogen-bond acceptors (Lipinski definition) is 4. The minimum atomic E-state index is -1.75. The fraction of sp³-hybridized carbons (Fsp3) is 0.929. The second kappa shape index (κ2) is 6.37. The Morgan fingerprint density at radius 3 is 2.37 bits per heavy atom. The van der Waals surface area contributed by atoms with Crippen molar-refractivity contribution in [3.8, 4) is 0 Å². The van der Waals surface area contributed by atoms with Crippen LogP contribution >= 0.6 is 0 Å². The topological polar surface area (TPSA) is 44.8 Å². The summed E-state index contributed by atoms with van der Waals surface area (Å²) in [6.07, 6.45) is 1.28. The Kier molecular flexibility index (Phi) is 5.59. The molecule has 1 fully saturated rings. The molecule has 1 aliphatic heterocycles. The van der Waals surface area contributed by atoms with Gasteiger partial charge in [0, 0.05) is 0 Å². The van der Waals surface area contributed by atoms with Gasteiger partial charge in [-0.2, -0.15) is 0 Å². The van der Waals surface area contributed by atoms with E-state index >= 15 is 0 Å². The maximum absolute atomic E-state index is 11.6. The Morgan fingerprint density at radius 2 is 1.95 bits per heavy atom. The minimum absolute atomic E-state index is 0.117. The van der Waals surface area contributed by atoms with Gasteiger partial charge in [0.15, 0.2) is 14.4 Å². The van der Waals surface area contributed by atoms with Crippen molar-refractivity contribution in [1.29, 1.82) is 0 Å². The van der Waals surface area contributed by atoms with Crippen molar-refractivity contribution in [2.24, 2.45) is 0 Å². The standard InChI is InChI=1S/C14H28O4Si/c1-7-16-13(15)12-9-8-11(10-17-12)18-19(5,6)14(2,3)4/h11-12H,7-10H2,1-6H3. The van der Waals surface area contributed by atoms with Crippen LogP contribution in [0.5, 0.6) is 0 Å². The maximum Gasteiger partial charge on any atom is 0.335 e. The quantitative estimate of drug-likeness (QED) is 0.589. The molecule has 112 valence electrons. The van der Waals surface area contributed by atoms with Gasteiger partial charge in [-0.05, 0) is 37.9 Å². The van der Waals surface area contributed by atoms with Crippen LogP contribution in [0, 0.1) is 0 Å². The molecule has 0 radical (unpaired) electrons. The molecule has 1 saturated heterocycles. The Labute approximate surface area is 117 Å². The molecule has 4 nitrogen and oxygen atoms in total. The van der Waals surface area contributed by atoms with E-state index in [2.05, 4.69) is 33.9 Å². The lowest BCUT2D eigenvalue weighted by Crippen LogP contribution is -2.47. The third-order valence-electron chi connectivity index (χ3n) is 4.05. The Hall–Kier alpha value is -0.393. The van der Waals surface area contributed by atoms with Crippen LogP contribution in [0.2, 0.25) is 18.1 Å². The first kappa shape index (κ1) is 16.7. The molecule has 0 aromatic carbocycles. The second-order valence-corrected chi connectivity index (χ2v) is 11.4. The average molecular weight is 288 g/mol. The highest BCUT2D eigenvalue weighted by molar-refractivity contribution is 6.74. The molecule has 19 heavy (non-hydrogen) atoms. The third kappa shape index (κ3) is 4.58. The van der Waals surface area contributed by atoms with Gasteiger partial charge in [0.1, 0.15) is 0 Å². The monoisotopic (exact) mass is 288 g/mol. The molecule has 0 amide bonds. The Bertz CT molecular complexity index is 301. The van der Waals surface area contributed by atoms with Gasteiger partial charge in [0.05, 0.1) is 19.3 Å². The molecule has 2 unspecified atom stereocenters. The molecule has 0 saturated carbocycles. The lowest BCUT2D eigenvalue weighted by molar-refractivity contribution is -0.163. The van der Waals surface area contributed by atoms with E-state index in [0.717, 1.165) is 6.42 Å². The van der Waals surface area contributed by atoms with Crippen LogP contribution in [-0.2, 0) is 18.7 Å². The zero-order valence-electron chi connectivity index (χ0n) is 13.1.